The van der Waals surface area contributed by atoms with Gasteiger partial charge in [0.1, 0.15) is 5.69 Å². The van der Waals surface area contributed by atoms with Crippen molar-refractivity contribution in [3.8, 4) is 5.69 Å². The Hall–Kier alpha value is -1.92. The third-order valence-corrected chi connectivity index (χ3v) is 3.88. The first-order valence-electron chi connectivity index (χ1n) is 7.86. The highest BCUT2D eigenvalue weighted by Crippen LogP contribution is 2.27. The lowest BCUT2D eigenvalue weighted by Crippen LogP contribution is -2.29. The number of hydrogen-bond acceptors (Lipinski definition) is 3. The van der Waals surface area contributed by atoms with Crippen LogP contribution in [0.1, 0.15) is 24.2 Å². The summed E-state index contributed by atoms with van der Waals surface area (Å²) >= 11 is 0. The molecule has 0 saturated heterocycles. The molecule has 1 aliphatic rings. The van der Waals surface area contributed by atoms with Crippen molar-refractivity contribution in [2.24, 2.45) is 5.92 Å². The summed E-state index contributed by atoms with van der Waals surface area (Å²) in [7, 11) is 0. The molecule has 1 amide bonds. The zero-order valence-corrected chi connectivity index (χ0v) is 14.6. The van der Waals surface area contributed by atoms with E-state index in [4.69, 9.17) is 0 Å². The Morgan fingerprint density at radius 3 is 2.67 bits per heavy atom. The van der Waals surface area contributed by atoms with E-state index in [0.29, 0.717) is 11.4 Å². The summed E-state index contributed by atoms with van der Waals surface area (Å²) in [4.78, 5) is 11.8. The van der Waals surface area contributed by atoms with Crippen LogP contribution in [0.4, 0.5) is 10.1 Å². The van der Waals surface area contributed by atoms with Gasteiger partial charge in [-0.3, -0.25) is 4.79 Å². The fourth-order valence-electron chi connectivity index (χ4n) is 2.55. The van der Waals surface area contributed by atoms with Gasteiger partial charge in [0.2, 0.25) is 5.91 Å². The van der Waals surface area contributed by atoms with E-state index in [1.54, 1.807) is 16.8 Å². The van der Waals surface area contributed by atoms with E-state index in [1.807, 2.05) is 19.9 Å². The molecule has 3 rings (SSSR count). The van der Waals surface area contributed by atoms with Gasteiger partial charge in [-0.15, -0.1) is 12.4 Å². The van der Waals surface area contributed by atoms with Crippen molar-refractivity contribution in [2.75, 3.05) is 18.4 Å². The minimum absolute atomic E-state index is 0. The van der Waals surface area contributed by atoms with E-state index in [9.17, 15) is 9.18 Å². The van der Waals surface area contributed by atoms with E-state index < -0.39 is 5.82 Å². The van der Waals surface area contributed by atoms with Gasteiger partial charge in [-0.1, -0.05) is 0 Å². The molecule has 0 aliphatic heterocycles. The maximum atomic E-state index is 14.3. The second kappa shape index (κ2) is 7.77. The summed E-state index contributed by atoms with van der Waals surface area (Å²) in [6.45, 7) is 4.86. The number of amides is 1. The molecule has 5 nitrogen and oxygen atoms in total. The summed E-state index contributed by atoms with van der Waals surface area (Å²) in [6, 6.07) is 6.53. The molecule has 1 heterocycles. The Balaban J connectivity index is 0.00000208. The highest BCUT2D eigenvalue weighted by molar-refractivity contribution is 5.92. The number of aryl methyl sites for hydroxylation is 2. The van der Waals surface area contributed by atoms with Gasteiger partial charge < -0.3 is 10.6 Å². The molecule has 0 radical (unpaired) electrons. The quantitative estimate of drug-likeness (QED) is 0.840. The number of halogens is 2. The van der Waals surface area contributed by atoms with Crippen LogP contribution in [0.3, 0.4) is 0 Å². The number of nitrogens with one attached hydrogen (secondary N) is 2. The predicted molar refractivity (Wildman–Crippen MR) is 94.5 cm³/mol. The zero-order valence-electron chi connectivity index (χ0n) is 13.8. The zero-order chi connectivity index (χ0) is 16.4. The minimum atomic E-state index is -0.417. The predicted octanol–water partition coefficient (Wildman–Crippen LogP) is 2.99. The van der Waals surface area contributed by atoms with Gasteiger partial charge in [0.15, 0.2) is 5.82 Å². The van der Waals surface area contributed by atoms with Crippen molar-refractivity contribution < 1.29 is 9.18 Å². The number of carbonyl (C=O) groups excluding carboxylic acids is 1. The molecule has 0 bridgehead atoms. The SMILES string of the molecule is Cc1cc(C)n(-c2ccc(NC(=O)CNCC3CC3)cc2F)n1.Cl. The van der Waals surface area contributed by atoms with Crippen molar-refractivity contribution in [3.63, 3.8) is 0 Å². The second-order valence-electron chi connectivity index (χ2n) is 6.13. The van der Waals surface area contributed by atoms with Crippen molar-refractivity contribution in [3.05, 3.63) is 41.5 Å². The van der Waals surface area contributed by atoms with E-state index >= 15 is 0 Å². The monoisotopic (exact) mass is 352 g/mol. The first-order valence-corrected chi connectivity index (χ1v) is 7.86. The minimum Gasteiger partial charge on any atom is -0.325 e. The van der Waals surface area contributed by atoms with Crippen LogP contribution in [-0.2, 0) is 4.79 Å². The third kappa shape index (κ3) is 4.55. The van der Waals surface area contributed by atoms with Crippen LogP contribution in [-0.4, -0.2) is 28.8 Å². The molecule has 1 aromatic carbocycles. The molecule has 1 aromatic heterocycles. The van der Waals surface area contributed by atoms with Gasteiger partial charge in [-0.05, 0) is 63.4 Å². The first-order chi connectivity index (χ1) is 11.0. The molecule has 2 aromatic rings. The maximum Gasteiger partial charge on any atom is 0.238 e. The van der Waals surface area contributed by atoms with E-state index in [-0.39, 0.29) is 24.9 Å². The summed E-state index contributed by atoms with van der Waals surface area (Å²) in [6.07, 6.45) is 2.49. The van der Waals surface area contributed by atoms with Crippen LogP contribution < -0.4 is 10.6 Å². The largest absolute Gasteiger partial charge is 0.325 e. The van der Waals surface area contributed by atoms with Crippen LogP contribution in [0, 0.1) is 25.6 Å². The topological polar surface area (TPSA) is 59.0 Å². The van der Waals surface area contributed by atoms with Gasteiger partial charge in [-0.2, -0.15) is 5.10 Å². The van der Waals surface area contributed by atoms with E-state index in [1.165, 1.54) is 18.9 Å². The molecule has 0 spiro atoms. The first kappa shape index (κ1) is 18.4. The van der Waals surface area contributed by atoms with Crippen molar-refractivity contribution in [1.29, 1.82) is 0 Å². The third-order valence-electron chi connectivity index (χ3n) is 3.88. The van der Waals surface area contributed by atoms with Gasteiger partial charge >= 0.3 is 0 Å². The van der Waals surface area contributed by atoms with Crippen LogP contribution in [0.2, 0.25) is 0 Å². The Morgan fingerprint density at radius 2 is 2.08 bits per heavy atom. The number of nitrogens with zero attached hydrogens (tertiary/aromatic N) is 2. The Kier molecular flexibility index (Phi) is 5.96. The average molecular weight is 353 g/mol. The number of carbonyl (C=O) groups is 1. The standard InChI is InChI=1S/C17H21FN4O.ClH/c1-11-7-12(2)22(21-11)16-6-5-14(8-15(16)18)20-17(23)10-19-9-13-3-4-13;/h5-8,13,19H,3-4,9-10H2,1-2H3,(H,20,23);1H. The lowest BCUT2D eigenvalue weighted by molar-refractivity contribution is -0.115. The number of anilines is 1. The average Bonchev–Trinajstić information content (AvgIpc) is 3.23. The normalized spacial score (nSPS) is 13.5. The fraction of sp³-hybridized carbons (Fsp3) is 0.412. The lowest BCUT2D eigenvalue weighted by atomic mass is 10.2. The lowest BCUT2D eigenvalue weighted by Gasteiger charge is -2.10. The van der Waals surface area contributed by atoms with Crippen LogP contribution in [0.5, 0.6) is 0 Å². The van der Waals surface area contributed by atoms with Crippen molar-refractivity contribution in [1.82, 2.24) is 15.1 Å². The Labute approximate surface area is 147 Å². The van der Waals surface area contributed by atoms with Crippen LogP contribution >= 0.6 is 12.4 Å². The Bertz CT molecular complexity index is 727. The molecule has 130 valence electrons. The van der Waals surface area contributed by atoms with E-state index in [2.05, 4.69) is 15.7 Å². The van der Waals surface area contributed by atoms with Gasteiger partial charge in [0.05, 0.1) is 12.2 Å². The van der Waals surface area contributed by atoms with Crippen LogP contribution in [0.15, 0.2) is 24.3 Å². The molecule has 0 unspecified atom stereocenters. The number of aromatic nitrogens is 2. The molecule has 7 heteroatoms. The molecule has 24 heavy (non-hydrogen) atoms. The van der Waals surface area contributed by atoms with Crippen LogP contribution in [0.25, 0.3) is 5.69 Å². The molecule has 1 saturated carbocycles. The molecule has 1 fully saturated rings. The summed E-state index contributed by atoms with van der Waals surface area (Å²) in [5.41, 5.74) is 2.52. The Morgan fingerprint density at radius 1 is 1.33 bits per heavy atom. The smallest absolute Gasteiger partial charge is 0.238 e. The van der Waals surface area contributed by atoms with Gasteiger partial charge in [-0.25, -0.2) is 9.07 Å². The molecular weight excluding hydrogens is 331 g/mol. The highest BCUT2D eigenvalue weighted by atomic mass is 35.5. The number of rotatable bonds is 6. The number of benzene rings is 1. The van der Waals surface area contributed by atoms with Crippen molar-refractivity contribution >= 4 is 24.0 Å². The highest BCUT2D eigenvalue weighted by Gasteiger charge is 2.20. The second-order valence-corrected chi connectivity index (χ2v) is 6.13. The van der Waals surface area contributed by atoms with E-state index in [0.717, 1.165) is 23.9 Å². The van der Waals surface area contributed by atoms with Crippen molar-refractivity contribution in [2.45, 2.75) is 26.7 Å². The molecule has 0 atom stereocenters. The molecule has 2 N–H and O–H groups in total. The molecule has 1 aliphatic carbocycles. The molecular formula is C17H22ClFN4O. The summed E-state index contributed by atoms with van der Waals surface area (Å²) in [5.74, 6) is 0.143. The van der Waals surface area contributed by atoms with Gasteiger partial charge in [0.25, 0.3) is 0 Å². The maximum absolute atomic E-state index is 14.3. The summed E-state index contributed by atoms with van der Waals surface area (Å²) < 4.78 is 15.9. The van der Waals surface area contributed by atoms with Gasteiger partial charge in [0, 0.05) is 11.4 Å². The fourth-order valence-corrected chi connectivity index (χ4v) is 2.55. The number of hydrogen-bond donors (Lipinski definition) is 2. The summed E-state index contributed by atoms with van der Waals surface area (Å²) in [5, 5.41) is 10.1.